The van der Waals surface area contributed by atoms with Gasteiger partial charge < -0.3 is 5.32 Å². The SMILES string of the molecule is CCc1ccc2c(c1)-c1nccc3cc(-c4ccc(F)cc4)nc(c13)N2. The van der Waals surface area contributed by atoms with Crippen molar-refractivity contribution >= 4 is 22.3 Å². The molecule has 0 atom stereocenters. The minimum Gasteiger partial charge on any atom is -0.339 e. The third-order valence-corrected chi connectivity index (χ3v) is 4.88. The van der Waals surface area contributed by atoms with Gasteiger partial charge in [0.2, 0.25) is 0 Å². The number of aryl methyl sites for hydroxylation is 1. The van der Waals surface area contributed by atoms with Crippen LogP contribution in [0.5, 0.6) is 0 Å². The third kappa shape index (κ3) is 2.26. The van der Waals surface area contributed by atoms with Gasteiger partial charge in [-0.3, -0.25) is 4.98 Å². The lowest BCUT2D eigenvalue weighted by molar-refractivity contribution is 0.628. The molecule has 26 heavy (non-hydrogen) atoms. The summed E-state index contributed by atoms with van der Waals surface area (Å²) in [6.45, 7) is 2.15. The summed E-state index contributed by atoms with van der Waals surface area (Å²) >= 11 is 0. The molecular formula is C22H16FN3. The molecule has 1 N–H and O–H groups in total. The van der Waals surface area contributed by atoms with Gasteiger partial charge in [-0.15, -0.1) is 0 Å². The third-order valence-electron chi connectivity index (χ3n) is 4.88. The van der Waals surface area contributed by atoms with E-state index in [-0.39, 0.29) is 5.82 Å². The summed E-state index contributed by atoms with van der Waals surface area (Å²) in [6, 6.07) is 16.9. The molecule has 4 aromatic rings. The van der Waals surface area contributed by atoms with Crippen molar-refractivity contribution in [2.24, 2.45) is 0 Å². The lowest BCUT2D eigenvalue weighted by Crippen LogP contribution is -2.06. The predicted octanol–water partition coefficient (Wildman–Crippen LogP) is 5.72. The number of halogens is 1. The van der Waals surface area contributed by atoms with Crippen LogP contribution in [0.2, 0.25) is 0 Å². The highest BCUT2D eigenvalue weighted by Gasteiger charge is 2.21. The molecule has 0 saturated carbocycles. The maximum atomic E-state index is 13.2. The minimum atomic E-state index is -0.249. The number of nitrogens with one attached hydrogen (secondary N) is 1. The van der Waals surface area contributed by atoms with Crippen molar-refractivity contribution in [2.45, 2.75) is 13.3 Å². The molecule has 0 aliphatic carbocycles. The van der Waals surface area contributed by atoms with E-state index in [1.807, 2.05) is 18.3 Å². The predicted molar refractivity (Wildman–Crippen MR) is 103 cm³/mol. The molecule has 0 radical (unpaired) electrons. The lowest BCUT2D eigenvalue weighted by atomic mass is 9.96. The fraction of sp³-hybridized carbons (Fsp3) is 0.0909. The molecule has 3 nitrogen and oxygen atoms in total. The number of fused-ring (bicyclic) bond motifs is 2. The summed E-state index contributed by atoms with van der Waals surface area (Å²) in [7, 11) is 0. The van der Waals surface area contributed by atoms with E-state index in [4.69, 9.17) is 4.98 Å². The van der Waals surface area contributed by atoms with Crippen molar-refractivity contribution in [1.82, 2.24) is 9.97 Å². The van der Waals surface area contributed by atoms with Crippen LogP contribution in [-0.2, 0) is 6.42 Å². The summed E-state index contributed by atoms with van der Waals surface area (Å²) in [5.41, 5.74) is 6.06. The van der Waals surface area contributed by atoms with Gasteiger partial charge in [0.25, 0.3) is 0 Å². The molecular weight excluding hydrogens is 325 g/mol. The van der Waals surface area contributed by atoms with Crippen LogP contribution in [0.15, 0.2) is 60.8 Å². The van der Waals surface area contributed by atoms with Crippen LogP contribution in [0.4, 0.5) is 15.9 Å². The number of aromatic nitrogens is 2. The van der Waals surface area contributed by atoms with Crippen molar-refractivity contribution in [3.8, 4) is 22.5 Å². The Bertz CT molecular complexity index is 1150. The Balaban J connectivity index is 1.76. The maximum absolute atomic E-state index is 13.2. The van der Waals surface area contributed by atoms with E-state index in [9.17, 15) is 4.39 Å². The quantitative estimate of drug-likeness (QED) is 0.446. The number of hydrogen-bond donors (Lipinski definition) is 1. The average Bonchev–Trinajstić information content (AvgIpc) is 2.68. The Morgan fingerprint density at radius 2 is 1.85 bits per heavy atom. The zero-order valence-corrected chi connectivity index (χ0v) is 14.3. The van der Waals surface area contributed by atoms with Crippen LogP contribution < -0.4 is 5.32 Å². The molecule has 2 aromatic heterocycles. The molecule has 126 valence electrons. The van der Waals surface area contributed by atoms with Gasteiger partial charge in [-0.1, -0.05) is 13.0 Å². The van der Waals surface area contributed by atoms with Gasteiger partial charge in [0, 0.05) is 23.0 Å². The second kappa shape index (κ2) is 5.63. The van der Waals surface area contributed by atoms with Crippen LogP contribution in [-0.4, -0.2) is 9.97 Å². The molecule has 3 heterocycles. The molecule has 0 fully saturated rings. The molecule has 1 aliphatic heterocycles. The zero-order chi connectivity index (χ0) is 17.7. The van der Waals surface area contributed by atoms with E-state index in [1.54, 1.807) is 12.1 Å². The van der Waals surface area contributed by atoms with E-state index in [1.165, 1.54) is 17.7 Å². The highest BCUT2D eigenvalue weighted by atomic mass is 19.1. The molecule has 0 unspecified atom stereocenters. The van der Waals surface area contributed by atoms with Crippen LogP contribution in [0.1, 0.15) is 12.5 Å². The van der Waals surface area contributed by atoms with E-state index < -0.39 is 0 Å². The van der Waals surface area contributed by atoms with Crippen molar-refractivity contribution < 1.29 is 4.39 Å². The monoisotopic (exact) mass is 341 g/mol. The Morgan fingerprint density at radius 1 is 1.00 bits per heavy atom. The van der Waals surface area contributed by atoms with Crippen molar-refractivity contribution in [3.05, 3.63) is 72.2 Å². The average molecular weight is 341 g/mol. The van der Waals surface area contributed by atoms with Gasteiger partial charge in [0.1, 0.15) is 11.6 Å². The topological polar surface area (TPSA) is 37.8 Å². The Kier molecular flexibility index (Phi) is 3.25. The molecule has 2 aromatic carbocycles. The van der Waals surface area contributed by atoms with E-state index in [2.05, 4.69) is 35.4 Å². The smallest absolute Gasteiger partial charge is 0.141 e. The first kappa shape index (κ1) is 15.0. The Hall–Kier alpha value is -3.27. The highest BCUT2D eigenvalue weighted by molar-refractivity contribution is 6.09. The molecule has 0 saturated heterocycles. The standard InChI is InChI=1S/C22H16FN3/c1-2-13-3-8-18-17(11-13)21-20-15(9-10-24-21)12-19(26-22(20)25-18)14-4-6-16(23)7-5-14/h3-12H,2H2,1H3,(H,25,26). The van der Waals surface area contributed by atoms with Gasteiger partial charge in [0.05, 0.1) is 16.8 Å². The lowest BCUT2D eigenvalue weighted by Gasteiger charge is -2.22. The first-order valence-corrected chi connectivity index (χ1v) is 8.69. The first-order valence-electron chi connectivity index (χ1n) is 8.69. The first-order chi connectivity index (χ1) is 12.7. The second-order valence-electron chi connectivity index (χ2n) is 6.48. The number of rotatable bonds is 2. The second-order valence-corrected chi connectivity index (χ2v) is 6.48. The molecule has 0 amide bonds. The van der Waals surface area contributed by atoms with E-state index >= 15 is 0 Å². The van der Waals surface area contributed by atoms with Crippen LogP contribution in [0.3, 0.4) is 0 Å². The minimum absolute atomic E-state index is 0.249. The van der Waals surface area contributed by atoms with Crippen molar-refractivity contribution in [1.29, 1.82) is 0 Å². The molecule has 4 heteroatoms. The Labute approximate surface area is 150 Å². The van der Waals surface area contributed by atoms with E-state index in [0.717, 1.165) is 51.2 Å². The fourth-order valence-corrected chi connectivity index (χ4v) is 3.51. The van der Waals surface area contributed by atoms with Gasteiger partial charge in [-0.25, -0.2) is 9.37 Å². The number of nitrogens with zero attached hydrogens (tertiary/aromatic N) is 2. The summed E-state index contributed by atoms with van der Waals surface area (Å²) in [4.78, 5) is 9.44. The summed E-state index contributed by atoms with van der Waals surface area (Å²) in [5.74, 6) is 0.544. The van der Waals surface area contributed by atoms with Crippen LogP contribution in [0.25, 0.3) is 33.3 Å². The molecule has 0 bridgehead atoms. The molecule has 0 spiro atoms. The summed E-state index contributed by atoms with van der Waals surface area (Å²) < 4.78 is 13.2. The number of hydrogen-bond acceptors (Lipinski definition) is 3. The molecule has 5 rings (SSSR count). The van der Waals surface area contributed by atoms with Gasteiger partial charge in [-0.05, 0) is 65.9 Å². The van der Waals surface area contributed by atoms with Crippen molar-refractivity contribution in [2.75, 3.05) is 5.32 Å². The number of anilines is 2. The Morgan fingerprint density at radius 3 is 2.65 bits per heavy atom. The van der Waals surface area contributed by atoms with Gasteiger partial charge >= 0.3 is 0 Å². The van der Waals surface area contributed by atoms with Crippen LogP contribution in [0, 0.1) is 5.82 Å². The maximum Gasteiger partial charge on any atom is 0.141 e. The van der Waals surface area contributed by atoms with Crippen molar-refractivity contribution in [3.63, 3.8) is 0 Å². The van der Waals surface area contributed by atoms with Gasteiger partial charge in [-0.2, -0.15) is 0 Å². The van der Waals surface area contributed by atoms with Crippen LogP contribution >= 0.6 is 0 Å². The zero-order valence-electron chi connectivity index (χ0n) is 14.3. The van der Waals surface area contributed by atoms with E-state index in [0.29, 0.717) is 0 Å². The fourth-order valence-electron chi connectivity index (χ4n) is 3.51. The summed E-state index contributed by atoms with van der Waals surface area (Å²) in [6.07, 6.45) is 2.82. The largest absolute Gasteiger partial charge is 0.339 e. The number of pyridine rings is 2. The molecule has 1 aliphatic rings. The highest BCUT2D eigenvalue weighted by Crippen LogP contribution is 2.43. The summed E-state index contributed by atoms with van der Waals surface area (Å²) in [5, 5.41) is 5.55. The van der Waals surface area contributed by atoms with Gasteiger partial charge in [0.15, 0.2) is 0 Å². The number of benzene rings is 2. The normalized spacial score (nSPS) is 11.9.